The van der Waals surface area contributed by atoms with Crippen LogP contribution in [0.1, 0.15) is 16.8 Å². The molecule has 0 radical (unpaired) electrons. The van der Waals surface area contributed by atoms with Crippen molar-refractivity contribution in [2.75, 3.05) is 20.3 Å². The molecule has 4 nitrogen and oxygen atoms in total. The van der Waals surface area contributed by atoms with Crippen molar-refractivity contribution in [3.63, 3.8) is 0 Å². The van der Waals surface area contributed by atoms with Gasteiger partial charge in [-0.3, -0.25) is 4.68 Å². The van der Waals surface area contributed by atoms with Crippen molar-refractivity contribution in [2.45, 2.75) is 30.3 Å². The van der Waals surface area contributed by atoms with Crippen molar-refractivity contribution in [1.29, 1.82) is 0 Å². The maximum absolute atomic E-state index is 5.06. The van der Waals surface area contributed by atoms with Crippen molar-refractivity contribution in [3.05, 3.63) is 41.1 Å². The number of rotatable bonds is 7. The Morgan fingerprint density at radius 2 is 1.95 bits per heavy atom. The molecule has 114 valence electrons. The van der Waals surface area contributed by atoms with Gasteiger partial charge < -0.3 is 10.1 Å². The second-order valence-electron chi connectivity index (χ2n) is 5.08. The number of nitrogens with zero attached hydrogens (tertiary/aromatic N) is 2. The summed E-state index contributed by atoms with van der Waals surface area (Å²) in [5, 5.41) is 9.14. The molecule has 0 saturated carbocycles. The number of methoxy groups -OCH3 is 1. The zero-order valence-electron chi connectivity index (χ0n) is 13.1. The first-order chi connectivity index (χ1) is 10.1. The molecule has 0 spiro atoms. The monoisotopic (exact) mass is 305 g/mol. The van der Waals surface area contributed by atoms with Crippen LogP contribution >= 0.6 is 11.8 Å². The molecule has 0 aliphatic heterocycles. The van der Waals surface area contributed by atoms with E-state index in [-0.39, 0.29) is 0 Å². The van der Waals surface area contributed by atoms with Crippen LogP contribution in [0, 0.1) is 13.8 Å². The van der Waals surface area contributed by atoms with Gasteiger partial charge in [-0.05, 0) is 26.0 Å². The zero-order chi connectivity index (χ0) is 15.2. The lowest BCUT2D eigenvalue weighted by molar-refractivity contribution is 0.199. The van der Waals surface area contributed by atoms with Gasteiger partial charge in [-0.15, -0.1) is 0 Å². The highest BCUT2D eigenvalue weighted by Gasteiger charge is 2.14. The number of aromatic nitrogens is 2. The summed E-state index contributed by atoms with van der Waals surface area (Å²) in [4.78, 5) is 1.24. The van der Waals surface area contributed by atoms with Crippen LogP contribution in [-0.2, 0) is 18.3 Å². The van der Waals surface area contributed by atoms with Crippen LogP contribution in [-0.4, -0.2) is 30.0 Å². The number of nitrogens with one attached hydrogen (secondary N) is 1. The van der Waals surface area contributed by atoms with Gasteiger partial charge in [0.2, 0.25) is 0 Å². The molecule has 0 aliphatic carbocycles. The molecular formula is C16H23N3OS. The van der Waals surface area contributed by atoms with E-state index in [1.165, 1.54) is 21.0 Å². The first kappa shape index (κ1) is 16.1. The molecule has 2 aromatic rings. The van der Waals surface area contributed by atoms with Crippen LogP contribution in [0.5, 0.6) is 0 Å². The third kappa shape index (κ3) is 4.33. The Labute approximate surface area is 130 Å². The van der Waals surface area contributed by atoms with Crippen LogP contribution in [0.3, 0.4) is 0 Å². The van der Waals surface area contributed by atoms with E-state index in [0.717, 1.165) is 25.4 Å². The van der Waals surface area contributed by atoms with Crippen LogP contribution in [0.2, 0.25) is 0 Å². The standard InChI is InChI=1S/C16H23N3OS/c1-12-5-7-14(8-6-12)21-16-15(11-17-9-10-20-4)13(2)18-19(16)3/h5-8,17H,9-11H2,1-4H3. The molecule has 1 aromatic heterocycles. The predicted octanol–water partition coefficient (Wildman–Crippen LogP) is 2.92. The smallest absolute Gasteiger partial charge is 0.103 e. The summed E-state index contributed by atoms with van der Waals surface area (Å²) < 4.78 is 7.03. The van der Waals surface area contributed by atoms with E-state index in [9.17, 15) is 0 Å². The molecule has 2 rings (SSSR count). The molecule has 0 aliphatic rings. The molecule has 0 amide bonds. The third-order valence-corrected chi connectivity index (χ3v) is 4.52. The van der Waals surface area contributed by atoms with Gasteiger partial charge in [-0.25, -0.2) is 0 Å². The second kappa shape index (κ2) is 7.64. The average Bonchev–Trinajstić information content (AvgIpc) is 2.72. The van der Waals surface area contributed by atoms with Gasteiger partial charge in [0.1, 0.15) is 5.03 Å². The van der Waals surface area contributed by atoms with Gasteiger partial charge in [-0.1, -0.05) is 29.5 Å². The van der Waals surface area contributed by atoms with Crippen LogP contribution in [0.25, 0.3) is 0 Å². The summed E-state index contributed by atoms with van der Waals surface area (Å²) in [7, 11) is 3.72. The summed E-state index contributed by atoms with van der Waals surface area (Å²) in [6, 6.07) is 8.60. The number of benzene rings is 1. The number of hydrogen-bond acceptors (Lipinski definition) is 4. The highest BCUT2D eigenvalue weighted by atomic mass is 32.2. The second-order valence-corrected chi connectivity index (χ2v) is 6.14. The van der Waals surface area contributed by atoms with E-state index in [0.29, 0.717) is 0 Å². The predicted molar refractivity (Wildman–Crippen MR) is 86.8 cm³/mol. The Hall–Kier alpha value is -1.30. The van der Waals surface area contributed by atoms with Crippen molar-refractivity contribution in [2.24, 2.45) is 7.05 Å². The molecule has 1 N–H and O–H groups in total. The van der Waals surface area contributed by atoms with Crippen LogP contribution in [0.4, 0.5) is 0 Å². The van der Waals surface area contributed by atoms with Gasteiger partial charge in [0.15, 0.2) is 0 Å². The summed E-state index contributed by atoms with van der Waals surface area (Å²) >= 11 is 1.76. The summed E-state index contributed by atoms with van der Waals surface area (Å²) in [5.74, 6) is 0. The molecule has 0 saturated heterocycles. The minimum absolute atomic E-state index is 0.722. The summed E-state index contributed by atoms with van der Waals surface area (Å²) in [6.45, 7) is 6.55. The van der Waals surface area contributed by atoms with Crippen molar-refractivity contribution < 1.29 is 4.74 Å². The quantitative estimate of drug-likeness (QED) is 0.798. The van der Waals surface area contributed by atoms with Gasteiger partial charge in [-0.2, -0.15) is 5.10 Å². The topological polar surface area (TPSA) is 39.1 Å². The Balaban J connectivity index is 2.12. The van der Waals surface area contributed by atoms with Crippen molar-refractivity contribution >= 4 is 11.8 Å². The Morgan fingerprint density at radius 3 is 2.62 bits per heavy atom. The molecule has 5 heteroatoms. The fourth-order valence-electron chi connectivity index (χ4n) is 2.12. The molecule has 21 heavy (non-hydrogen) atoms. The maximum atomic E-state index is 5.06. The lowest BCUT2D eigenvalue weighted by Crippen LogP contribution is -2.19. The van der Waals surface area contributed by atoms with Crippen LogP contribution in [0.15, 0.2) is 34.2 Å². The third-order valence-electron chi connectivity index (χ3n) is 3.31. The Bertz CT molecular complexity index is 578. The maximum Gasteiger partial charge on any atom is 0.103 e. The molecule has 0 unspecified atom stereocenters. The molecular weight excluding hydrogens is 282 g/mol. The Kier molecular flexibility index (Phi) is 5.85. The SMILES string of the molecule is COCCNCc1c(C)nn(C)c1Sc1ccc(C)cc1. The molecule has 1 aromatic carbocycles. The van der Waals surface area contributed by atoms with E-state index < -0.39 is 0 Å². The van der Waals surface area contributed by atoms with E-state index in [4.69, 9.17) is 4.74 Å². The van der Waals surface area contributed by atoms with Crippen molar-refractivity contribution in [3.8, 4) is 0 Å². The molecule has 1 heterocycles. The molecule has 0 fully saturated rings. The van der Waals surface area contributed by atoms with Gasteiger partial charge in [0.25, 0.3) is 0 Å². The lowest BCUT2D eigenvalue weighted by Gasteiger charge is -2.08. The minimum atomic E-state index is 0.722. The first-order valence-corrected chi connectivity index (χ1v) is 7.90. The van der Waals surface area contributed by atoms with Crippen LogP contribution < -0.4 is 5.32 Å². The van der Waals surface area contributed by atoms with E-state index in [1.54, 1.807) is 18.9 Å². The summed E-state index contributed by atoms with van der Waals surface area (Å²) in [6.07, 6.45) is 0. The van der Waals surface area contributed by atoms with Gasteiger partial charge in [0.05, 0.1) is 12.3 Å². The molecule has 0 bridgehead atoms. The summed E-state index contributed by atoms with van der Waals surface area (Å²) in [5.41, 5.74) is 3.62. The van der Waals surface area contributed by atoms with E-state index in [1.807, 2.05) is 11.7 Å². The van der Waals surface area contributed by atoms with Gasteiger partial charge in [0, 0.05) is 37.7 Å². The first-order valence-electron chi connectivity index (χ1n) is 7.08. The number of ether oxygens (including phenoxy) is 1. The number of aryl methyl sites for hydroxylation is 3. The fourth-order valence-corrected chi connectivity index (χ4v) is 3.13. The largest absolute Gasteiger partial charge is 0.383 e. The zero-order valence-corrected chi connectivity index (χ0v) is 14.0. The normalized spacial score (nSPS) is 11.0. The highest BCUT2D eigenvalue weighted by Crippen LogP contribution is 2.31. The van der Waals surface area contributed by atoms with E-state index in [2.05, 4.69) is 48.5 Å². The molecule has 0 atom stereocenters. The van der Waals surface area contributed by atoms with E-state index >= 15 is 0 Å². The average molecular weight is 305 g/mol. The fraction of sp³-hybridized carbons (Fsp3) is 0.438. The highest BCUT2D eigenvalue weighted by molar-refractivity contribution is 7.99. The number of hydrogen-bond donors (Lipinski definition) is 1. The Morgan fingerprint density at radius 1 is 1.24 bits per heavy atom. The lowest BCUT2D eigenvalue weighted by atomic mass is 10.2. The minimum Gasteiger partial charge on any atom is -0.383 e. The van der Waals surface area contributed by atoms with Gasteiger partial charge >= 0.3 is 0 Å². The van der Waals surface area contributed by atoms with Crippen molar-refractivity contribution in [1.82, 2.24) is 15.1 Å².